The van der Waals surface area contributed by atoms with Gasteiger partial charge in [0.15, 0.2) is 0 Å². The summed E-state index contributed by atoms with van der Waals surface area (Å²) in [7, 11) is 0. The molecule has 0 aliphatic carbocycles. The lowest BCUT2D eigenvalue weighted by atomic mass is 10.1. The predicted octanol–water partition coefficient (Wildman–Crippen LogP) is 2.67. The molecule has 1 amide bonds. The lowest BCUT2D eigenvalue weighted by molar-refractivity contribution is 0.0953. The van der Waals surface area contributed by atoms with Crippen molar-refractivity contribution in [1.29, 1.82) is 0 Å². The Balaban J connectivity index is 1.87. The summed E-state index contributed by atoms with van der Waals surface area (Å²) < 4.78 is 0. The highest BCUT2D eigenvalue weighted by Gasteiger charge is 2.05. The number of aryl methyl sites for hydroxylation is 1. The minimum atomic E-state index is -0.163. The number of hydrogen-bond donors (Lipinski definition) is 2. The number of benzene rings is 2. The van der Waals surface area contributed by atoms with Crippen molar-refractivity contribution in [3.05, 3.63) is 65.2 Å². The third-order valence-electron chi connectivity index (χ3n) is 2.89. The molecule has 3 nitrogen and oxygen atoms in total. The first-order valence-electron chi connectivity index (χ1n) is 6.28. The van der Waals surface area contributed by atoms with E-state index in [1.54, 1.807) is 18.2 Å². The Labute approximate surface area is 112 Å². The molecule has 0 aliphatic heterocycles. The summed E-state index contributed by atoms with van der Waals surface area (Å²) in [5.41, 5.74) is 2.90. The fourth-order valence-corrected chi connectivity index (χ4v) is 1.94. The maximum absolute atomic E-state index is 11.8. The minimum absolute atomic E-state index is 0.103. The van der Waals surface area contributed by atoms with E-state index in [1.807, 2.05) is 12.1 Å². The van der Waals surface area contributed by atoms with Crippen molar-refractivity contribution in [3.63, 3.8) is 0 Å². The van der Waals surface area contributed by atoms with Crippen molar-refractivity contribution >= 4 is 5.91 Å². The molecule has 0 aliphatic rings. The molecule has 2 rings (SSSR count). The van der Waals surface area contributed by atoms with E-state index < -0.39 is 0 Å². The van der Waals surface area contributed by atoms with Gasteiger partial charge in [-0.25, -0.2) is 0 Å². The highest BCUT2D eigenvalue weighted by atomic mass is 16.3. The van der Waals surface area contributed by atoms with Crippen molar-refractivity contribution in [1.82, 2.24) is 5.32 Å². The van der Waals surface area contributed by atoms with Gasteiger partial charge >= 0.3 is 0 Å². The van der Waals surface area contributed by atoms with Crippen LogP contribution in [-0.4, -0.2) is 17.6 Å². The van der Waals surface area contributed by atoms with Crippen LogP contribution in [0.5, 0.6) is 5.75 Å². The molecule has 98 valence electrons. The molecule has 0 unspecified atom stereocenters. The Morgan fingerprint density at radius 1 is 1.16 bits per heavy atom. The Morgan fingerprint density at radius 3 is 2.68 bits per heavy atom. The molecule has 0 fully saturated rings. The molecule has 2 aromatic carbocycles. The van der Waals surface area contributed by atoms with Gasteiger partial charge in [-0.2, -0.15) is 0 Å². The van der Waals surface area contributed by atoms with Gasteiger partial charge in [-0.15, -0.1) is 0 Å². The van der Waals surface area contributed by atoms with Gasteiger partial charge in [-0.05, 0) is 37.1 Å². The van der Waals surface area contributed by atoms with Crippen LogP contribution >= 0.6 is 0 Å². The van der Waals surface area contributed by atoms with E-state index in [9.17, 15) is 9.90 Å². The first kappa shape index (κ1) is 13.1. The summed E-state index contributed by atoms with van der Waals surface area (Å²) in [6, 6.07) is 14.6. The molecular weight excluding hydrogens is 238 g/mol. The maximum Gasteiger partial charge on any atom is 0.251 e. The fraction of sp³-hybridized carbons (Fsp3) is 0.188. The molecule has 0 saturated heterocycles. The third-order valence-corrected chi connectivity index (χ3v) is 2.89. The summed E-state index contributed by atoms with van der Waals surface area (Å²) in [5, 5.41) is 12.2. The van der Waals surface area contributed by atoms with Crippen molar-refractivity contribution < 1.29 is 9.90 Å². The monoisotopic (exact) mass is 255 g/mol. The Morgan fingerprint density at radius 2 is 1.95 bits per heavy atom. The predicted molar refractivity (Wildman–Crippen MR) is 75.3 cm³/mol. The van der Waals surface area contributed by atoms with Crippen LogP contribution in [-0.2, 0) is 6.42 Å². The van der Waals surface area contributed by atoms with Crippen LogP contribution in [0.1, 0.15) is 21.5 Å². The average molecular weight is 255 g/mol. The summed E-state index contributed by atoms with van der Waals surface area (Å²) in [4.78, 5) is 11.8. The van der Waals surface area contributed by atoms with Crippen LogP contribution in [0.4, 0.5) is 0 Å². The normalized spacial score (nSPS) is 10.2. The smallest absolute Gasteiger partial charge is 0.251 e. The van der Waals surface area contributed by atoms with E-state index in [0.29, 0.717) is 12.1 Å². The lowest BCUT2D eigenvalue weighted by Gasteiger charge is -2.06. The van der Waals surface area contributed by atoms with Crippen LogP contribution in [0.15, 0.2) is 48.5 Å². The van der Waals surface area contributed by atoms with Gasteiger partial charge in [0.2, 0.25) is 0 Å². The third kappa shape index (κ3) is 3.85. The number of phenols is 1. The number of amides is 1. The summed E-state index contributed by atoms with van der Waals surface area (Å²) in [6.45, 7) is 2.63. The SMILES string of the molecule is Cc1cccc(CCNC(=O)c2cccc(O)c2)c1. The zero-order chi connectivity index (χ0) is 13.7. The summed E-state index contributed by atoms with van der Waals surface area (Å²) >= 11 is 0. The Hall–Kier alpha value is -2.29. The van der Waals surface area contributed by atoms with E-state index in [1.165, 1.54) is 17.2 Å². The number of carbonyl (C=O) groups excluding carboxylic acids is 1. The standard InChI is InChI=1S/C16H17NO2/c1-12-4-2-5-13(10-12)8-9-17-16(19)14-6-3-7-15(18)11-14/h2-7,10-11,18H,8-9H2,1H3,(H,17,19). The second-order valence-corrected chi connectivity index (χ2v) is 4.55. The molecule has 19 heavy (non-hydrogen) atoms. The summed E-state index contributed by atoms with van der Waals surface area (Å²) in [6.07, 6.45) is 0.798. The topological polar surface area (TPSA) is 49.3 Å². The van der Waals surface area contributed by atoms with Crippen molar-refractivity contribution in [2.75, 3.05) is 6.54 Å². The molecule has 0 bridgehead atoms. The molecule has 0 radical (unpaired) electrons. The number of rotatable bonds is 4. The van der Waals surface area contributed by atoms with Gasteiger partial charge in [0, 0.05) is 12.1 Å². The Kier molecular flexibility index (Phi) is 4.18. The van der Waals surface area contributed by atoms with Crippen molar-refractivity contribution in [2.24, 2.45) is 0 Å². The van der Waals surface area contributed by atoms with E-state index in [0.717, 1.165) is 6.42 Å². The molecule has 2 aromatic rings. The van der Waals surface area contributed by atoms with Crippen LogP contribution in [0.2, 0.25) is 0 Å². The number of phenolic OH excluding ortho intramolecular Hbond substituents is 1. The minimum Gasteiger partial charge on any atom is -0.508 e. The van der Waals surface area contributed by atoms with E-state index in [2.05, 4.69) is 24.4 Å². The molecule has 0 heterocycles. The van der Waals surface area contributed by atoms with Gasteiger partial charge in [0.25, 0.3) is 5.91 Å². The highest BCUT2D eigenvalue weighted by Crippen LogP contribution is 2.10. The highest BCUT2D eigenvalue weighted by molar-refractivity contribution is 5.94. The van der Waals surface area contributed by atoms with Gasteiger partial charge < -0.3 is 10.4 Å². The number of carbonyl (C=O) groups is 1. The van der Waals surface area contributed by atoms with Gasteiger partial charge in [0.1, 0.15) is 5.75 Å². The number of nitrogens with one attached hydrogen (secondary N) is 1. The van der Waals surface area contributed by atoms with Crippen molar-refractivity contribution in [3.8, 4) is 5.75 Å². The quantitative estimate of drug-likeness (QED) is 0.882. The number of aromatic hydroxyl groups is 1. The molecule has 0 aromatic heterocycles. The van der Waals surface area contributed by atoms with E-state index in [4.69, 9.17) is 0 Å². The van der Waals surface area contributed by atoms with Gasteiger partial charge in [-0.1, -0.05) is 35.9 Å². The molecule has 2 N–H and O–H groups in total. The first-order valence-corrected chi connectivity index (χ1v) is 6.28. The number of hydrogen-bond acceptors (Lipinski definition) is 2. The van der Waals surface area contributed by atoms with Crippen LogP contribution in [0, 0.1) is 6.92 Å². The second kappa shape index (κ2) is 6.05. The lowest BCUT2D eigenvalue weighted by Crippen LogP contribution is -2.25. The zero-order valence-corrected chi connectivity index (χ0v) is 10.9. The van der Waals surface area contributed by atoms with Gasteiger partial charge in [0.05, 0.1) is 0 Å². The van der Waals surface area contributed by atoms with Crippen molar-refractivity contribution in [2.45, 2.75) is 13.3 Å². The first-order chi connectivity index (χ1) is 9.15. The second-order valence-electron chi connectivity index (χ2n) is 4.55. The molecular formula is C16H17NO2. The maximum atomic E-state index is 11.8. The average Bonchev–Trinajstić information content (AvgIpc) is 2.38. The summed E-state index contributed by atoms with van der Waals surface area (Å²) in [5.74, 6) is -0.0603. The van der Waals surface area contributed by atoms with Crippen LogP contribution < -0.4 is 5.32 Å². The molecule has 0 saturated carbocycles. The molecule has 3 heteroatoms. The molecule has 0 atom stereocenters. The zero-order valence-electron chi connectivity index (χ0n) is 10.9. The van der Waals surface area contributed by atoms with Crippen LogP contribution in [0.25, 0.3) is 0 Å². The van der Waals surface area contributed by atoms with Gasteiger partial charge in [-0.3, -0.25) is 4.79 Å². The van der Waals surface area contributed by atoms with E-state index in [-0.39, 0.29) is 11.7 Å². The molecule has 0 spiro atoms. The van der Waals surface area contributed by atoms with E-state index >= 15 is 0 Å². The largest absolute Gasteiger partial charge is 0.508 e. The Bertz CT molecular complexity index is 578. The van der Waals surface area contributed by atoms with Crippen LogP contribution in [0.3, 0.4) is 0 Å². The fourth-order valence-electron chi connectivity index (χ4n) is 1.94.